The van der Waals surface area contributed by atoms with Crippen molar-refractivity contribution in [1.29, 1.82) is 0 Å². The molecule has 4 rings (SSSR count). The van der Waals surface area contributed by atoms with Crippen LogP contribution in [0.4, 0.5) is 5.69 Å². The van der Waals surface area contributed by atoms with E-state index in [9.17, 15) is 9.90 Å². The number of aromatic nitrogens is 3. The molecule has 1 aliphatic carbocycles. The predicted molar refractivity (Wildman–Crippen MR) is 157 cm³/mol. The molecule has 2 unspecified atom stereocenters. The van der Waals surface area contributed by atoms with Crippen LogP contribution >= 0.6 is 0 Å². The number of nitrogens with zero attached hydrogens (tertiary/aromatic N) is 4. The topological polar surface area (TPSA) is 83.9 Å². The van der Waals surface area contributed by atoms with Crippen LogP contribution < -0.4 is 40.0 Å². The Kier molecular flexibility index (Phi) is 9.45. The van der Waals surface area contributed by atoms with Gasteiger partial charge in [0.25, 0.3) is 0 Å². The van der Waals surface area contributed by atoms with Gasteiger partial charge in [-0.2, -0.15) is 0 Å². The maximum absolute atomic E-state index is 14.0. The molecular weight excluding hydrogens is 523 g/mol. The zero-order valence-corrected chi connectivity index (χ0v) is 28.6. The first kappa shape index (κ1) is 33.1. The standard InChI is InChI=1S/C33H44N4O3.Na/c1-19-16-22(32(5,6)7)27(23(17-19)33(8,9)10)40-30(39)25-26(34-11)24(18-38)37-29(25)35-28(36-37)20-12-14-21(15-13-20)31(2,3)4;/h12-15,18-19,22-23,27,38H,16-17H2,1-10H3;/q;+1/p-1/b24-18-;. The molecule has 1 saturated carbocycles. The summed E-state index contributed by atoms with van der Waals surface area (Å²) in [6.45, 7) is 29.7. The van der Waals surface area contributed by atoms with Crippen LogP contribution in [0.2, 0.25) is 0 Å². The van der Waals surface area contributed by atoms with Gasteiger partial charge in [-0.3, -0.25) is 0 Å². The number of ether oxygens (including phenoxy) is 1. The van der Waals surface area contributed by atoms with E-state index in [-0.39, 0.29) is 86.0 Å². The van der Waals surface area contributed by atoms with Gasteiger partial charge in [0.05, 0.1) is 11.9 Å². The molecule has 2 aromatic heterocycles. The zero-order valence-electron chi connectivity index (χ0n) is 26.6. The van der Waals surface area contributed by atoms with E-state index in [1.54, 1.807) is 0 Å². The van der Waals surface area contributed by atoms with Gasteiger partial charge in [0.1, 0.15) is 11.7 Å². The molecule has 1 fully saturated rings. The molecule has 1 aliphatic rings. The summed E-state index contributed by atoms with van der Waals surface area (Å²) in [5.41, 5.74) is 1.90. The van der Waals surface area contributed by atoms with E-state index in [0.29, 0.717) is 18.0 Å². The summed E-state index contributed by atoms with van der Waals surface area (Å²) in [4.78, 5) is 22.2. The Hall–Kier alpha value is -2.40. The summed E-state index contributed by atoms with van der Waals surface area (Å²) in [6.07, 6.45) is 2.15. The Morgan fingerprint density at radius 2 is 1.56 bits per heavy atom. The molecular formula is C33H43N4NaO3. The van der Waals surface area contributed by atoms with Crippen molar-refractivity contribution in [3.05, 3.63) is 52.2 Å². The zero-order chi connectivity index (χ0) is 29.8. The Balaban J connectivity index is 0.00000462. The summed E-state index contributed by atoms with van der Waals surface area (Å²) in [5, 5.41) is 16.7. The third-order valence-electron chi connectivity index (χ3n) is 8.55. The van der Waals surface area contributed by atoms with E-state index >= 15 is 0 Å². The second-order valence-corrected chi connectivity index (χ2v) is 14.7. The fourth-order valence-electron chi connectivity index (χ4n) is 6.18. The Labute approximate surface area is 266 Å². The predicted octanol–water partition coefficient (Wildman–Crippen LogP) is 3.35. The molecule has 0 radical (unpaired) electrons. The number of hydrogen-bond acceptors (Lipinski definition) is 5. The molecule has 2 atom stereocenters. The molecule has 3 aromatic rings. The molecule has 41 heavy (non-hydrogen) atoms. The quantitative estimate of drug-likeness (QED) is 0.276. The average molecular weight is 567 g/mol. The van der Waals surface area contributed by atoms with Gasteiger partial charge in [-0.15, -0.1) is 11.4 Å². The van der Waals surface area contributed by atoms with E-state index in [1.165, 1.54) is 10.1 Å². The molecule has 0 N–H and O–H groups in total. The number of esters is 1. The van der Waals surface area contributed by atoms with Gasteiger partial charge in [-0.1, -0.05) is 93.5 Å². The van der Waals surface area contributed by atoms with Gasteiger partial charge in [0.2, 0.25) is 5.69 Å². The van der Waals surface area contributed by atoms with Crippen molar-refractivity contribution in [1.82, 2.24) is 14.6 Å². The summed E-state index contributed by atoms with van der Waals surface area (Å²) in [5.74, 6) is 0.572. The third-order valence-corrected chi connectivity index (χ3v) is 8.55. The van der Waals surface area contributed by atoms with Crippen LogP contribution in [0.25, 0.3) is 28.1 Å². The SMILES string of the molecule is [C-]#[N+]c1c(C(=O)OC2C(C(C)(C)C)CC(C)CC2C(C)(C)C)c2nc(-c3ccc(C(C)(C)C)cc3)nn2/c1=C\[O-].[Na+]. The van der Waals surface area contributed by atoms with Gasteiger partial charge in [-0.05, 0) is 40.6 Å². The fourth-order valence-corrected chi connectivity index (χ4v) is 6.18. The molecule has 1 aromatic carbocycles. The molecule has 0 aliphatic heterocycles. The Morgan fingerprint density at radius 1 is 1.02 bits per heavy atom. The number of fused-ring (bicyclic) bond motifs is 1. The van der Waals surface area contributed by atoms with Gasteiger partial charge in [-0.25, -0.2) is 19.1 Å². The van der Waals surface area contributed by atoms with Gasteiger partial charge in [0.15, 0.2) is 11.5 Å². The van der Waals surface area contributed by atoms with Crippen LogP contribution in [0.5, 0.6) is 0 Å². The average Bonchev–Trinajstić information content (AvgIpc) is 3.39. The fraction of sp³-hybridized carbons (Fsp3) is 0.576. The van der Waals surface area contributed by atoms with Crippen LogP contribution in [-0.4, -0.2) is 26.7 Å². The summed E-state index contributed by atoms with van der Waals surface area (Å²) < 4.78 is 7.72. The van der Waals surface area contributed by atoms with Crippen molar-refractivity contribution in [2.24, 2.45) is 28.6 Å². The molecule has 0 amide bonds. The van der Waals surface area contributed by atoms with Crippen LogP contribution in [-0.2, 0) is 10.2 Å². The molecule has 8 heteroatoms. The van der Waals surface area contributed by atoms with E-state index in [2.05, 4.69) is 84.2 Å². The smallest absolute Gasteiger partial charge is 0.877 e. The van der Waals surface area contributed by atoms with Gasteiger partial charge < -0.3 is 9.84 Å². The number of rotatable bonds is 3. The third kappa shape index (κ3) is 6.50. The number of hydrogen-bond donors (Lipinski definition) is 0. The maximum Gasteiger partial charge on any atom is 1.00 e. The normalized spacial score (nSPS) is 22.3. The molecule has 0 spiro atoms. The first-order valence-electron chi connectivity index (χ1n) is 14.2. The number of benzene rings is 1. The van der Waals surface area contributed by atoms with Crippen molar-refractivity contribution in [3.63, 3.8) is 0 Å². The second-order valence-electron chi connectivity index (χ2n) is 14.7. The Bertz CT molecular complexity index is 1470. The van der Waals surface area contributed by atoms with Gasteiger partial charge in [0, 0.05) is 17.4 Å². The van der Waals surface area contributed by atoms with Crippen LogP contribution in [0, 0.1) is 35.2 Å². The molecule has 2 heterocycles. The number of carbonyl (C=O) groups is 1. The molecule has 0 bridgehead atoms. The van der Waals surface area contributed by atoms with E-state index < -0.39 is 5.97 Å². The second kappa shape index (κ2) is 11.7. The van der Waals surface area contributed by atoms with E-state index in [4.69, 9.17) is 11.3 Å². The summed E-state index contributed by atoms with van der Waals surface area (Å²) in [6, 6.07) is 7.94. The van der Waals surface area contributed by atoms with Crippen molar-refractivity contribution >= 4 is 23.6 Å². The molecule has 214 valence electrons. The van der Waals surface area contributed by atoms with Crippen molar-refractivity contribution in [2.45, 2.75) is 93.6 Å². The van der Waals surface area contributed by atoms with E-state index in [0.717, 1.165) is 18.4 Å². The van der Waals surface area contributed by atoms with Crippen molar-refractivity contribution in [2.75, 3.05) is 0 Å². The van der Waals surface area contributed by atoms with Crippen molar-refractivity contribution in [3.8, 4) is 11.4 Å². The molecule has 7 nitrogen and oxygen atoms in total. The minimum atomic E-state index is -0.616. The van der Waals surface area contributed by atoms with Crippen LogP contribution in [0.1, 0.15) is 98.0 Å². The minimum absolute atomic E-state index is 0. The van der Waals surface area contributed by atoms with Crippen LogP contribution in [0.15, 0.2) is 24.3 Å². The van der Waals surface area contributed by atoms with Gasteiger partial charge >= 0.3 is 35.5 Å². The van der Waals surface area contributed by atoms with Crippen molar-refractivity contribution < 1.29 is 44.2 Å². The minimum Gasteiger partial charge on any atom is -0.877 e. The van der Waals surface area contributed by atoms with E-state index in [1.807, 2.05) is 24.3 Å². The largest absolute Gasteiger partial charge is 1.00 e. The van der Waals surface area contributed by atoms with Crippen LogP contribution in [0.3, 0.4) is 0 Å². The maximum atomic E-state index is 14.0. The molecule has 0 saturated heterocycles. The monoisotopic (exact) mass is 566 g/mol. The first-order valence-corrected chi connectivity index (χ1v) is 14.2. The first-order chi connectivity index (χ1) is 18.5. The number of carbonyl (C=O) groups excluding carboxylic acids is 1. The summed E-state index contributed by atoms with van der Waals surface area (Å²) >= 11 is 0. The summed E-state index contributed by atoms with van der Waals surface area (Å²) in [7, 11) is 0. The Morgan fingerprint density at radius 3 is 2.00 bits per heavy atom.